The molecule has 2 N–H and O–H groups in total. The van der Waals surface area contributed by atoms with Gasteiger partial charge in [0.2, 0.25) is 0 Å². The van der Waals surface area contributed by atoms with Crippen molar-refractivity contribution in [3.05, 3.63) is 12.2 Å². The minimum atomic E-state index is -0.996. The van der Waals surface area contributed by atoms with Crippen LogP contribution in [0.15, 0.2) is 12.2 Å². The van der Waals surface area contributed by atoms with E-state index in [2.05, 4.69) is 11.9 Å². The molecule has 2 atom stereocenters. The number of aliphatic carboxylic acids is 1. The van der Waals surface area contributed by atoms with Gasteiger partial charge < -0.3 is 24.6 Å². The molecule has 1 aliphatic rings. The Bertz CT molecular complexity index is 522. The molecule has 0 aromatic carbocycles. The van der Waals surface area contributed by atoms with Crippen LogP contribution in [0.25, 0.3) is 0 Å². The van der Waals surface area contributed by atoms with Crippen LogP contribution in [0.2, 0.25) is 0 Å². The van der Waals surface area contributed by atoms with Crippen LogP contribution < -0.4 is 5.32 Å². The van der Waals surface area contributed by atoms with Crippen LogP contribution in [-0.2, 0) is 33.4 Å². The topological polar surface area (TPSA) is 128 Å². The molecular formula is C15H22ClNO8. The van der Waals surface area contributed by atoms with Gasteiger partial charge in [0, 0.05) is 18.5 Å². The predicted octanol–water partition coefficient (Wildman–Crippen LogP) is 0.209. The summed E-state index contributed by atoms with van der Waals surface area (Å²) in [4.78, 5) is 44.8. The van der Waals surface area contributed by atoms with E-state index in [1.807, 2.05) is 0 Å². The number of rotatable bonds is 9. The molecule has 0 radical (unpaired) electrons. The quantitative estimate of drug-likeness (QED) is 0.250. The van der Waals surface area contributed by atoms with Crippen LogP contribution in [0.5, 0.6) is 0 Å². The van der Waals surface area contributed by atoms with Gasteiger partial charge in [0.15, 0.2) is 0 Å². The number of carbonyl (C=O) groups is 4. The normalized spacial score (nSPS) is 18.6. The first-order valence-corrected chi connectivity index (χ1v) is 7.43. The Morgan fingerprint density at radius 2 is 1.72 bits per heavy atom. The zero-order valence-corrected chi connectivity index (χ0v) is 14.6. The summed E-state index contributed by atoms with van der Waals surface area (Å²) >= 11 is 0. The molecule has 1 fully saturated rings. The number of esters is 3. The van der Waals surface area contributed by atoms with Crippen molar-refractivity contribution >= 4 is 36.3 Å². The number of carbonyl (C=O) groups excluding carboxylic acids is 3. The van der Waals surface area contributed by atoms with E-state index in [4.69, 9.17) is 19.3 Å². The van der Waals surface area contributed by atoms with Gasteiger partial charge in [0.25, 0.3) is 0 Å². The highest BCUT2D eigenvalue weighted by Crippen LogP contribution is 2.12. The van der Waals surface area contributed by atoms with Gasteiger partial charge in [-0.15, -0.1) is 12.4 Å². The second-order valence-electron chi connectivity index (χ2n) is 5.28. The summed E-state index contributed by atoms with van der Waals surface area (Å²) in [6, 6.07) is -0.727. The van der Waals surface area contributed by atoms with Gasteiger partial charge in [-0.3, -0.25) is 14.4 Å². The largest absolute Gasteiger partial charge is 0.480 e. The number of hydrogen-bond acceptors (Lipinski definition) is 8. The summed E-state index contributed by atoms with van der Waals surface area (Å²) in [5.74, 6) is -2.78. The fourth-order valence-corrected chi connectivity index (χ4v) is 1.92. The second kappa shape index (κ2) is 11.4. The van der Waals surface area contributed by atoms with Gasteiger partial charge in [-0.05, 0) is 6.92 Å². The third-order valence-corrected chi connectivity index (χ3v) is 3.15. The van der Waals surface area contributed by atoms with Gasteiger partial charge in [0.05, 0.1) is 12.8 Å². The molecule has 0 amide bonds. The van der Waals surface area contributed by atoms with Crippen molar-refractivity contribution in [2.24, 2.45) is 0 Å². The first-order valence-electron chi connectivity index (χ1n) is 7.43. The monoisotopic (exact) mass is 379 g/mol. The molecule has 0 aliphatic carbocycles. The molecule has 0 aromatic rings. The molecule has 1 heterocycles. The van der Waals surface area contributed by atoms with E-state index in [0.717, 1.165) is 0 Å². The molecule has 0 saturated carbocycles. The predicted molar refractivity (Wildman–Crippen MR) is 87.1 cm³/mol. The van der Waals surface area contributed by atoms with Crippen molar-refractivity contribution in [1.82, 2.24) is 5.32 Å². The lowest BCUT2D eigenvalue weighted by Gasteiger charge is -2.10. The summed E-state index contributed by atoms with van der Waals surface area (Å²) in [5.41, 5.74) is 0.246. The zero-order valence-electron chi connectivity index (χ0n) is 13.8. The lowest BCUT2D eigenvalue weighted by molar-refractivity contribution is -0.154. The minimum absolute atomic E-state index is 0. The van der Waals surface area contributed by atoms with Crippen LogP contribution in [0.3, 0.4) is 0 Å². The first-order chi connectivity index (χ1) is 11.3. The lowest BCUT2D eigenvalue weighted by Crippen LogP contribution is -2.30. The average Bonchev–Trinajstić information content (AvgIpc) is 2.97. The SMILES string of the molecule is C=C(C)C(=O)OCCOC(=O)CCC(=O)O[C@H]1CN[C@@H](C(=O)O)C1.Cl. The molecular weight excluding hydrogens is 358 g/mol. The summed E-state index contributed by atoms with van der Waals surface area (Å²) in [6.07, 6.45) is -0.662. The third kappa shape index (κ3) is 9.06. The summed E-state index contributed by atoms with van der Waals surface area (Å²) in [6.45, 7) is 4.96. The highest BCUT2D eigenvalue weighted by atomic mass is 35.5. The number of hydrogen-bond donors (Lipinski definition) is 2. The van der Waals surface area contributed by atoms with Crippen molar-refractivity contribution in [3.63, 3.8) is 0 Å². The Morgan fingerprint density at radius 3 is 2.28 bits per heavy atom. The Balaban J connectivity index is 0.00000576. The van der Waals surface area contributed by atoms with Crippen LogP contribution in [0.4, 0.5) is 0 Å². The van der Waals surface area contributed by atoms with E-state index in [1.165, 1.54) is 6.92 Å². The van der Waals surface area contributed by atoms with Crippen LogP contribution >= 0.6 is 12.4 Å². The van der Waals surface area contributed by atoms with E-state index in [9.17, 15) is 19.2 Å². The van der Waals surface area contributed by atoms with Gasteiger partial charge in [-0.25, -0.2) is 4.79 Å². The molecule has 142 valence electrons. The fraction of sp³-hybridized carbons (Fsp3) is 0.600. The number of halogens is 1. The number of nitrogens with one attached hydrogen (secondary N) is 1. The van der Waals surface area contributed by atoms with Crippen molar-refractivity contribution in [1.29, 1.82) is 0 Å². The molecule has 0 unspecified atom stereocenters. The minimum Gasteiger partial charge on any atom is -0.480 e. The Kier molecular flexibility index (Phi) is 10.5. The lowest BCUT2D eigenvalue weighted by atomic mass is 10.2. The maximum atomic E-state index is 11.6. The average molecular weight is 380 g/mol. The van der Waals surface area contributed by atoms with Crippen LogP contribution in [-0.4, -0.2) is 60.9 Å². The molecule has 10 heteroatoms. The summed E-state index contributed by atoms with van der Waals surface area (Å²) < 4.78 is 14.6. The molecule has 1 saturated heterocycles. The molecule has 1 aliphatic heterocycles. The standard InChI is InChI=1S/C15H21NO8.ClH/c1-9(2)15(21)23-6-5-22-12(17)3-4-13(18)24-10-7-11(14(19)20)16-8-10;/h10-11,16H,1,3-8H2,2H3,(H,19,20);1H/t10-,11-;/m1./s1. The number of carboxylic acids is 1. The highest BCUT2D eigenvalue weighted by molar-refractivity contribution is 5.87. The smallest absolute Gasteiger partial charge is 0.333 e. The number of carboxylic acid groups (broad SMARTS) is 1. The van der Waals surface area contributed by atoms with Crippen molar-refractivity contribution < 1.29 is 38.5 Å². The Hall–Kier alpha value is -2.13. The van der Waals surface area contributed by atoms with E-state index >= 15 is 0 Å². The zero-order chi connectivity index (χ0) is 18.1. The van der Waals surface area contributed by atoms with Crippen molar-refractivity contribution in [2.75, 3.05) is 19.8 Å². The van der Waals surface area contributed by atoms with E-state index in [-0.39, 0.29) is 57.0 Å². The van der Waals surface area contributed by atoms with Gasteiger partial charge >= 0.3 is 23.9 Å². The molecule has 9 nitrogen and oxygen atoms in total. The van der Waals surface area contributed by atoms with E-state index in [0.29, 0.717) is 0 Å². The van der Waals surface area contributed by atoms with E-state index < -0.39 is 36.0 Å². The third-order valence-electron chi connectivity index (χ3n) is 3.15. The van der Waals surface area contributed by atoms with Gasteiger partial charge in [0.1, 0.15) is 25.4 Å². The van der Waals surface area contributed by atoms with Crippen molar-refractivity contribution in [3.8, 4) is 0 Å². The second-order valence-corrected chi connectivity index (χ2v) is 5.28. The Labute approximate surface area is 151 Å². The van der Waals surface area contributed by atoms with E-state index in [1.54, 1.807) is 0 Å². The van der Waals surface area contributed by atoms with Crippen molar-refractivity contribution in [2.45, 2.75) is 38.3 Å². The first kappa shape index (κ1) is 22.9. The van der Waals surface area contributed by atoms with Crippen LogP contribution in [0.1, 0.15) is 26.2 Å². The molecule has 0 bridgehead atoms. The maximum Gasteiger partial charge on any atom is 0.333 e. The van der Waals surface area contributed by atoms with Gasteiger partial charge in [-0.1, -0.05) is 6.58 Å². The molecule has 1 rings (SSSR count). The van der Waals surface area contributed by atoms with Crippen LogP contribution in [0, 0.1) is 0 Å². The molecule has 0 aromatic heterocycles. The Morgan fingerprint density at radius 1 is 1.12 bits per heavy atom. The molecule has 0 spiro atoms. The fourth-order valence-electron chi connectivity index (χ4n) is 1.92. The summed E-state index contributed by atoms with van der Waals surface area (Å²) in [5, 5.41) is 11.5. The number of ether oxygens (including phenoxy) is 3. The van der Waals surface area contributed by atoms with Gasteiger partial charge in [-0.2, -0.15) is 0 Å². The highest BCUT2D eigenvalue weighted by Gasteiger charge is 2.31. The maximum absolute atomic E-state index is 11.6. The molecule has 25 heavy (non-hydrogen) atoms. The summed E-state index contributed by atoms with van der Waals surface area (Å²) in [7, 11) is 0.